The first-order valence-corrected chi connectivity index (χ1v) is 6.31. The maximum absolute atomic E-state index is 11.8. The standard InChI is InChI=1S/C17H12O3/c18-16-8-9-17(19)15-10-13(6-7-14(15)16)20-11-12-4-2-1-3-5-12/h1-10H,11H2. The number of hydrogen-bond donors (Lipinski definition) is 0. The summed E-state index contributed by atoms with van der Waals surface area (Å²) in [5, 5.41) is 0. The lowest BCUT2D eigenvalue weighted by Crippen LogP contribution is -2.11. The van der Waals surface area contributed by atoms with E-state index in [4.69, 9.17) is 4.74 Å². The molecule has 0 saturated heterocycles. The first-order chi connectivity index (χ1) is 9.74. The number of rotatable bonds is 3. The Morgan fingerprint density at radius 1 is 0.800 bits per heavy atom. The number of fused-ring (bicyclic) bond motifs is 1. The van der Waals surface area contributed by atoms with E-state index < -0.39 is 0 Å². The summed E-state index contributed by atoms with van der Waals surface area (Å²) in [4.78, 5) is 23.4. The van der Waals surface area contributed by atoms with Gasteiger partial charge in [0, 0.05) is 11.1 Å². The van der Waals surface area contributed by atoms with Crippen LogP contribution in [0.25, 0.3) is 0 Å². The Morgan fingerprint density at radius 2 is 1.50 bits per heavy atom. The highest BCUT2D eigenvalue weighted by Gasteiger charge is 2.19. The summed E-state index contributed by atoms with van der Waals surface area (Å²) in [6.07, 6.45) is 2.60. The van der Waals surface area contributed by atoms with E-state index in [0.29, 0.717) is 23.5 Å². The van der Waals surface area contributed by atoms with Gasteiger partial charge >= 0.3 is 0 Å². The van der Waals surface area contributed by atoms with Crippen LogP contribution in [0, 0.1) is 0 Å². The van der Waals surface area contributed by atoms with E-state index in [-0.39, 0.29) is 11.6 Å². The summed E-state index contributed by atoms with van der Waals surface area (Å²) in [7, 11) is 0. The van der Waals surface area contributed by atoms with Gasteiger partial charge in [0.25, 0.3) is 0 Å². The molecular formula is C17H12O3. The number of benzene rings is 2. The van der Waals surface area contributed by atoms with Crippen molar-refractivity contribution >= 4 is 11.6 Å². The molecule has 0 spiro atoms. The van der Waals surface area contributed by atoms with Crippen LogP contribution in [0.5, 0.6) is 5.75 Å². The van der Waals surface area contributed by atoms with Gasteiger partial charge in [0.05, 0.1) is 0 Å². The number of hydrogen-bond acceptors (Lipinski definition) is 3. The molecule has 1 aliphatic carbocycles. The van der Waals surface area contributed by atoms with Crippen LogP contribution in [-0.2, 0) is 6.61 Å². The van der Waals surface area contributed by atoms with Crippen molar-refractivity contribution in [2.24, 2.45) is 0 Å². The molecule has 3 heteroatoms. The van der Waals surface area contributed by atoms with Crippen molar-refractivity contribution in [1.29, 1.82) is 0 Å². The van der Waals surface area contributed by atoms with Gasteiger partial charge in [0.1, 0.15) is 12.4 Å². The Kier molecular flexibility index (Phi) is 3.17. The lowest BCUT2D eigenvalue weighted by molar-refractivity contribution is 0.0993. The topological polar surface area (TPSA) is 43.4 Å². The molecule has 98 valence electrons. The molecule has 20 heavy (non-hydrogen) atoms. The summed E-state index contributed by atoms with van der Waals surface area (Å²) in [6.45, 7) is 0.428. The molecule has 0 N–H and O–H groups in total. The number of carbonyl (C=O) groups is 2. The monoisotopic (exact) mass is 264 g/mol. The second-order valence-corrected chi connectivity index (χ2v) is 4.54. The van der Waals surface area contributed by atoms with Crippen molar-refractivity contribution in [1.82, 2.24) is 0 Å². The lowest BCUT2D eigenvalue weighted by Gasteiger charge is -2.12. The molecule has 0 radical (unpaired) electrons. The maximum Gasteiger partial charge on any atom is 0.186 e. The second-order valence-electron chi connectivity index (χ2n) is 4.54. The molecule has 0 unspecified atom stereocenters. The normalized spacial score (nSPS) is 13.2. The van der Waals surface area contributed by atoms with Gasteiger partial charge in [-0.25, -0.2) is 0 Å². The Labute approximate surface area is 116 Å². The largest absolute Gasteiger partial charge is 0.489 e. The van der Waals surface area contributed by atoms with Crippen molar-refractivity contribution in [3.63, 3.8) is 0 Å². The van der Waals surface area contributed by atoms with Gasteiger partial charge in [-0.1, -0.05) is 30.3 Å². The smallest absolute Gasteiger partial charge is 0.186 e. The van der Waals surface area contributed by atoms with Gasteiger partial charge < -0.3 is 4.74 Å². The van der Waals surface area contributed by atoms with Crippen LogP contribution in [0.4, 0.5) is 0 Å². The number of carbonyl (C=O) groups excluding carboxylic acids is 2. The quantitative estimate of drug-likeness (QED) is 0.855. The fourth-order valence-corrected chi connectivity index (χ4v) is 2.10. The third-order valence-electron chi connectivity index (χ3n) is 3.16. The van der Waals surface area contributed by atoms with Crippen LogP contribution in [0.3, 0.4) is 0 Å². The van der Waals surface area contributed by atoms with E-state index in [1.807, 2.05) is 30.3 Å². The van der Waals surface area contributed by atoms with E-state index in [9.17, 15) is 9.59 Å². The number of allylic oxidation sites excluding steroid dienone is 2. The number of ether oxygens (including phenoxy) is 1. The fraction of sp³-hybridized carbons (Fsp3) is 0.0588. The Balaban J connectivity index is 1.81. The molecule has 3 rings (SSSR count). The molecule has 0 amide bonds. The van der Waals surface area contributed by atoms with Crippen LogP contribution in [0.2, 0.25) is 0 Å². The van der Waals surface area contributed by atoms with E-state index in [1.54, 1.807) is 18.2 Å². The van der Waals surface area contributed by atoms with Crippen LogP contribution in [0.15, 0.2) is 60.7 Å². The van der Waals surface area contributed by atoms with Crippen LogP contribution >= 0.6 is 0 Å². The van der Waals surface area contributed by atoms with Gasteiger partial charge in [0.2, 0.25) is 0 Å². The number of ketones is 2. The summed E-state index contributed by atoms with van der Waals surface area (Å²) in [5.74, 6) is 0.281. The Morgan fingerprint density at radius 3 is 2.25 bits per heavy atom. The molecule has 0 fully saturated rings. The molecule has 3 nitrogen and oxygen atoms in total. The molecular weight excluding hydrogens is 252 g/mol. The van der Waals surface area contributed by atoms with E-state index >= 15 is 0 Å². The van der Waals surface area contributed by atoms with Gasteiger partial charge in [-0.3, -0.25) is 9.59 Å². The van der Waals surface area contributed by atoms with E-state index in [2.05, 4.69) is 0 Å². The van der Waals surface area contributed by atoms with E-state index in [1.165, 1.54) is 12.2 Å². The highest BCUT2D eigenvalue weighted by Crippen LogP contribution is 2.23. The predicted octanol–water partition coefficient (Wildman–Crippen LogP) is 3.20. The van der Waals surface area contributed by atoms with Crippen LogP contribution in [-0.4, -0.2) is 11.6 Å². The van der Waals surface area contributed by atoms with Gasteiger partial charge in [-0.15, -0.1) is 0 Å². The summed E-state index contributed by atoms with van der Waals surface area (Å²) in [6, 6.07) is 14.7. The molecule has 2 aromatic rings. The lowest BCUT2D eigenvalue weighted by atomic mass is 9.95. The fourth-order valence-electron chi connectivity index (χ4n) is 2.10. The first-order valence-electron chi connectivity index (χ1n) is 6.31. The van der Waals surface area contributed by atoms with Crippen molar-refractivity contribution in [3.05, 3.63) is 77.4 Å². The predicted molar refractivity (Wildman–Crippen MR) is 75.0 cm³/mol. The summed E-state index contributed by atoms with van der Waals surface area (Å²) < 4.78 is 5.65. The zero-order valence-electron chi connectivity index (χ0n) is 10.7. The summed E-state index contributed by atoms with van der Waals surface area (Å²) in [5.41, 5.74) is 1.89. The third-order valence-corrected chi connectivity index (χ3v) is 3.16. The molecule has 0 saturated carbocycles. The molecule has 0 atom stereocenters. The maximum atomic E-state index is 11.8. The Bertz CT molecular complexity index is 699. The van der Waals surface area contributed by atoms with Gasteiger partial charge in [0.15, 0.2) is 11.6 Å². The molecule has 0 aliphatic heterocycles. The zero-order chi connectivity index (χ0) is 13.9. The highest BCUT2D eigenvalue weighted by atomic mass is 16.5. The van der Waals surface area contributed by atoms with Gasteiger partial charge in [-0.2, -0.15) is 0 Å². The van der Waals surface area contributed by atoms with Crippen LogP contribution in [0.1, 0.15) is 26.3 Å². The van der Waals surface area contributed by atoms with Crippen molar-refractivity contribution in [2.75, 3.05) is 0 Å². The van der Waals surface area contributed by atoms with Gasteiger partial charge in [-0.05, 0) is 35.9 Å². The molecule has 0 aromatic heterocycles. The Hall–Kier alpha value is -2.68. The molecule has 1 aliphatic rings. The van der Waals surface area contributed by atoms with Crippen molar-refractivity contribution in [3.8, 4) is 5.75 Å². The SMILES string of the molecule is O=C1C=CC(=O)c2cc(OCc3ccccc3)ccc21. The zero-order valence-corrected chi connectivity index (χ0v) is 10.7. The first kappa shape index (κ1) is 12.4. The van der Waals surface area contributed by atoms with E-state index in [0.717, 1.165) is 5.56 Å². The average Bonchev–Trinajstić information content (AvgIpc) is 2.50. The minimum absolute atomic E-state index is 0.144. The van der Waals surface area contributed by atoms with Crippen molar-refractivity contribution in [2.45, 2.75) is 6.61 Å². The third kappa shape index (κ3) is 2.38. The molecule has 2 aromatic carbocycles. The molecule has 0 heterocycles. The van der Waals surface area contributed by atoms with Crippen LogP contribution < -0.4 is 4.74 Å². The minimum Gasteiger partial charge on any atom is -0.489 e. The highest BCUT2D eigenvalue weighted by molar-refractivity contribution is 6.22. The average molecular weight is 264 g/mol. The molecule has 0 bridgehead atoms. The second kappa shape index (κ2) is 5.13. The summed E-state index contributed by atoms with van der Waals surface area (Å²) >= 11 is 0. The minimum atomic E-state index is -0.162. The van der Waals surface area contributed by atoms with Crippen molar-refractivity contribution < 1.29 is 14.3 Å².